The molecule has 4 atom stereocenters. The van der Waals surface area contributed by atoms with E-state index >= 15 is 0 Å². The van der Waals surface area contributed by atoms with Crippen LogP contribution in [0, 0.1) is 12.3 Å². The number of halogens is 3. The number of nitrogens with zero attached hydrogens (tertiary/aromatic N) is 2. The third-order valence-electron chi connectivity index (χ3n) is 8.41. The molecule has 3 rings (SSSR count). The van der Waals surface area contributed by atoms with Crippen molar-refractivity contribution in [2.75, 3.05) is 13.1 Å². The van der Waals surface area contributed by atoms with Crippen molar-refractivity contribution >= 4 is 35.0 Å². The van der Waals surface area contributed by atoms with Crippen molar-refractivity contribution in [3.8, 4) is 10.4 Å². The lowest BCUT2D eigenvalue weighted by molar-refractivity contribution is -0.192. The SMILES string of the molecule is Cc1ncsc1-c1ccc(C(C)NC(=O)C2CC(O)CN2C(=O)C(NC(=O)CCCCCCCCCN)C(C)(C)C)cc1.O=C(O)C(F)(F)F. The summed E-state index contributed by atoms with van der Waals surface area (Å²) in [6.07, 6.45) is 1.95. The van der Waals surface area contributed by atoms with Crippen molar-refractivity contribution < 1.29 is 42.6 Å². The van der Waals surface area contributed by atoms with Crippen LogP contribution in [-0.4, -0.2) is 81.2 Å². The van der Waals surface area contributed by atoms with E-state index in [0.29, 0.717) is 6.42 Å². The Hall–Kier alpha value is -3.56. The minimum Gasteiger partial charge on any atom is -0.475 e. The molecule has 0 spiro atoms. The minimum absolute atomic E-state index is 0.0564. The van der Waals surface area contributed by atoms with E-state index in [2.05, 4.69) is 15.6 Å². The zero-order chi connectivity index (χ0) is 37.6. The number of benzene rings is 1. The highest BCUT2D eigenvalue weighted by molar-refractivity contribution is 7.13. The van der Waals surface area contributed by atoms with Crippen LogP contribution in [0.4, 0.5) is 13.2 Å². The van der Waals surface area contributed by atoms with Gasteiger partial charge >= 0.3 is 12.1 Å². The molecule has 0 bridgehead atoms. The van der Waals surface area contributed by atoms with E-state index in [-0.39, 0.29) is 36.7 Å². The van der Waals surface area contributed by atoms with E-state index in [9.17, 15) is 32.7 Å². The summed E-state index contributed by atoms with van der Waals surface area (Å²) in [5.74, 6) is -3.57. The number of carbonyl (C=O) groups excluding carboxylic acids is 3. The van der Waals surface area contributed by atoms with Crippen molar-refractivity contribution in [3.05, 3.63) is 41.0 Å². The number of alkyl halides is 3. The van der Waals surface area contributed by atoms with Gasteiger partial charge in [-0.15, -0.1) is 11.3 Å². The van der Waals surface area contributed by atoms with Crippen LogP contribution in [0.25, 0.3) is 10.4 Å². The first-order valence-corrected chi connectivity index (χ1v) is 17.8. The highest BCUT2D eigenvalue weighted by Gasteiger charge is 2.44. The third kappa shape index (κ3) is 13.6. The number of carboxylic acids is 1. The number of nitrogens with one attached hydrogen (secondary N) is 2. The Morgan fingerprint density at radius 2 is 1.56 bits per heavy atom. The Balaban J connectivity index is 0.00000112. The first kappa shape index (κ1) is 42.6. The van der Waals surface area contributed by atoms with Gasteiger partial charge in [0, 0.05) is 19.4 Å². The molecule has 1 aromatic carbocycles. The largest absolute Gasteiger partial charge is 0.490 e. The molecule has 2 heterocycles. The van der Waals surface area contributed by atoms with Crippen LogP contribution in [-0.2, 0) is 19.2 Å². The number of β-amino-alcohol motifs (C(OH)–C–C–N with tert-alkyl or cyclic N) is 1. The number of thiazole rings is 1. The van der Waals surface area contributed by atoms with E-state index in [0.717, 1.165) is 66.8 Å². The first-order valence-electron chi connectivity index (χ1n) is 17.0. The smallest absolute Gasteiger partial charge is 0.475 e. The summed E-state index contributed by atoms with van der Waals surface area (Å²) in [5.41, 5.74) is 9.79. The van der Waals surface area contributed by atoms with Gasteiger partial charge in [0.2, 0.25) is 17.7 Å². The Kier molecular flexibility index (Phi) is 16.8. The van der Waals surface area contributed by atoms with Crippen molar-refractivity contribution in [1.82, 2.24) is 20.5 Å². The second-order valence-corrected chi connectivity index (χ2v) is 14.6. The van der Waals surface area contributed by atoms with Crippen LogP contribution in [0.15, 0.2) is 29.8 Å². The number of hydrogen-bond acceptors (Lipinski definition) is 8. The molecule has 2 aromatic rings. The van der Waals surface area contributed by atoms with Crippen LogP contribution >= 0.6 is 11.3 Å². The predicted octanol–water partition coefficient (Wildman–Crippen LogP) is 5.50. The van der Waals surface area contributed by atoms with Gasteiger partial charge in [0.25, 0.3) is 0 Å². The van der Waals surface area contributed by atoms with E-state index in [1.165, 1.54) is 11.3 Å². The van der Waals surface area contributed by atoms with Gasteiger partial charge in [0.05, 0.1) is 28.2 Å². The number of nitrogens with two attached hydrogens (primary N) is 1. The predicted molar refractivity (Wildman–Crippen MR) is 186 cm³/mol. The van der Waals surface area contributed by atoms with Crippen LogP contribution in [0.5, 0.6) is 0 Å². The molecule has 50 heavy (non-hydrogen) atoms. The molecule has 0 aliphatic carbocycles. The number of aliphatic hydroxyl groups is 1. The summed E-state index contributed by atoms with van der Waals surface area (Å²) in [6.45, 7) is 10.4. The third-order valence-corrected chi connectivity index (χ3v) is 9.39. The molecule has 3 amide bonds. The van der Waals surface area contributed by atoms with Gasteiger partial charge in [0.1, 0.15) is 12.1 Å². The zero-order valence-electron chi connectivity index (χ0n) is 29.5. The van der Waals surface area contributed by atoms with E-state index in [1.807, 2.05) is 64.4 Å². The van der Waals surface area contributed by atoms with E-state index in [1.54, 1.807) is 11.3 Å². The van der Waals surface area contributed by atoms with Crippen LogP contribution < -0.4 is 16.4 Å². The average Bonchev–Trinajstić information content (AvgIpc) is 3.65. The fourth-order valence-electron chi connectivity index (χ4n) is 5.56. The standard InChI is InChI=1S/C33H51N5O4S.C2HF3O2/c1-22(24-14-16-25(17-15-24)29-23(2)35-21-43-29)36-31(41)27-19-26(39)20-38(27)32(42)30(33(3,4)5)37-28(40)13-11-9-7-6-8-10-12-18-34;3-2(4,5)1(6)7/h14-17,21-22,26-27,30,39H,6-13,18-20,34H2,1-5H3,(H,36,41)(H,37,40);(H,6,7). The number of carbonyl (C=O) groups is 4. The second kappa shape index (κ2) is 19.7. The van der Waals surface area contributed by atoms with Gasteiger partial charge in [0.15, 0.2) is 0 Å². The summed E-state index contributed by atoms with van der Waals surface area (Å²) < 4.78 is 31.7. The van der Waals surface area contributed by atoms with E-state index < -0.39 is 35.7 Å². The van der Waals surface area contributed by atoms with Crippen molar-refractivity contribution in [1.29, 1.82) is 0 Å². The fourth-order valence-corrected chi connectivity index (χ4v) is 6.37. The molecule has 1 fully saturated rings. The van der Waals surface area contributed by atoms with Crippen molar-refractivity contribution in [2.24, 2.45) is 11.1 Å². The number of likely N-dealkylation sites (tertiary alicyclic amines) is 1. The molecule has 280 valence electrons. The number of aromatic nitrogens is 1. The molecule has 1 aliphatic heterocycles. The highest BCUT2D eigenvalue weighted by atomic mass is 32.1. The number of amides is 3. The maximum atomic E-state index is 13.8. The minimum atomic E-state index is -5.08. The monoisotopic (exact) mass is 727 g/mol. The Labute approximate surface area is 296 Å². The van der Waals surface area contributed by atoms with Crippen LogP contribution in [0.2, 0.25) is 0 Å². The number of carboxylic acid groups (broad SMARTS) is 1. The maximum Gasteiger partial charge on any atom is 0.490 e. The lowest BCUT2D eigenvalue weighted by atomic mass is 9.85. The van der Waals surface area contributed by atoms with Crippen LogP contribution in [0.1, 0.15) is 103 Å². The summed E-state index contributed by atoms with van der Waals surface area (Å²) >= 11 is 1.59. The molecule has 0 radical (unpaired) electrons. The van der Waals surface area contributed by atoms with Gasteiger partial charge in [-0.25, -0.2) is 9.78 Å². The molecule has 11 nitrogen and oxygen atoms in total. The van der Waals surface area contributed by atoms with Crippen molar-refractivity contribution in [2.45, 2.75) is 123 Å². The fraction of sp³-hybridized carbons (Fsp3) is 0.629. The molecule has 1 aliphatic rings. The number of unbranched alkanes of at least 4 members (excludes halogenated alkanes) is 6. The summed E-state index contributed by atoms with van der Waals surface area (Å²) in [4.78, 5) is 55.9. The number of aryl methyl sites for hydroxylation is 1. The topological polar surface area (TPSA) is 175 Å². The number of aliphatic hydroxyl groups excluding tert-OH is 1. The molecule has 4 unspecified atom stereocenters. The second-order valence-electron chi connectivity index (χ2n) is 13.7. The number of hydrogen-bond donors (Lipinski definition) is 5. The number of rotatable bonds is 15. The zero-order valence-corrected chi connectivity index (χ0v) is 30.3. The maximum absolute atomic E-state index is 13.8. The van der Waals surface area contributed by atoms with Gasteiger partial charge in [-0.05, 0) is 49.8 Å². The van der Waals surface area contributed by atoms with E-state index in [4.69, 9.17) is 15.6 Å². The van der Waals surface area contributed by atoms with Gasteiger partial charge < -0.3 is 31.5 Å². The summed E-state index contributed by atoms with van der Waals surface area (Å²) in [7, 11) is 0. The summed E-state index contributed by atoms with van der Waals surface area (Å²) in [6, 6.07) is 6.10. The molecular formula is C35H52F3N5O6S. The van der Waals surface area contributed by atoms with Gasteiger partial charge in [-0.2, -0.15) is 13.2 Å². The van der Waals surface area contributed by atoms with Gasteiger partial charge in [-0.1, -0.05) is 77.1 Å². The molecule has 0 saturated carbocycles. The Morgan fingerprint density at radius 1 is 1.00 bits per heavy atom. The first-order chi connectivity index (χ1) is 23.4. The average molecular weight is 728 g/mol. The lowest BCUT2D eigenvalue weighted by Gasteiger charge is -2.35. The lowest BCUT2D eigenvalue weighted by Crippen LogP contribution is -2.57. The number of aliphatic carboxylic acids is 1. The molecule has 1 aromatic heterocycles. The Morgan fingerprint density at radius 3 is 2.06 bits per heavy atom. The van der Waals surface area contributed by atoms with Crippen LogP contribution in [0.3, 0.4) is 0 Å². The molecule has 15 heteroatoms. The van der Waals surface area contributed by atoms with Gasteiger partial charge in [-0.3, -0.25) is 14.4 Å². The normalized spacial score (nSPS) is 17.4. The summed E-state index contributed by atoms with van der Waals surface area (Å²) in [5, 5.41) is 23.6. The highest BCUT2D eigenvalue weighted by Crippen LogP contribution is 2.29. The molecular weight excluding hydrogens is 675 g/mol. The quantitative estimate of drug-likeness (QED) is 0.150. The Bertz CT molecular complexity index is 1400. The molecule has 1 saturated heterocycles. The molecule has 6 N–H and O–H groups in total. The van der Waals surface area contributed by atoms with Crippen molar-refractivity contribution in [3.63, 3.8) is 0 Å².